The SMILES string of the molecule is CC1=C([N+](=O)[O-])C(Cl)(Cl)NC(Cl)(Cl)N1. The van der Waals surface area contributed by atoms with Crippen LogP contribution in [-0.4, -0.2) is 14.0 Å². The third-order valence-electron chi connectivity index (χ3n) is 1.49. The molecule has 1 rings (SSSR count). The molecule has 0 aromatic rings. The molecule has 0 bridgehead atoms. The number of rotatable bonds is 1. The van der Waals surface area contributed by atoms with E-state index in [1.165, 1.54) is 6.92 Å². The van der Waals surface area contributed by atoms with E-state index in [1.54, 1.807) is 0 Å². The molecule has 0 aliphatic carbocycles. The lowest BCUT2D eigenvalue weighted by Crippen LogP contribution is -2.60. The Hall–Kier alpha value is 0.0600. The Morgan fingerprint density at radius 1 is 1.36 bits per heavy atom. The van der Waals surface area contributed by atoms with Crippen molar-refractivity contribution in [3.63, 3.8) is 0 Å². The normalized spacial score (nSPS) is 24.4. The van der Waals surface area contributed by atoms with Gasteiger partial charge in [-0.2, -0.15) is 0 Å². The first-order valence-corrected chi connectivity index (χ1v) is 4.86. The highest BCUT2D eigenvalue weighted by Gasteiger charge is 2.51. The Labute approximate surface area is 99.5 Å². The molecule has 1 aliphatic heterocycles. The lowest BCUT2D eigenvalue weighted by Gasteiger charge is -2.34. The molecule has 0 saturated heterocycles. The molecule has 0 aromatic heterocycles. The van der Waals surface area contributed by atoms with Crippen LogP contribution in [0.4, 0.5) is 0 Å². The van der Waals surface area contributed by atoms with Crippen molar-refractivity contribution in [2.24, 2.45) is 0 Å². The standard InChI is InChI=1S/C5H5Cl4N3O2/c1-2-3(12(13)14)4(6,7)11-5(8,9)10-2/h10-11H,1H3. The number of alkyl halides is 4. The smallest absolute Gasteiger partial charge is 0.315 e. The van der Waals surface area contributed by atoms with Crippen molar-refractivity contribution in [1.82, 2.24) is 10.6 Å². The minimum Gasteiger partial charge on any atom is -0.340 e. The maximum absolute atomic E-state index is 10.6. The van der Waals surface area contributed by atoms with Gasteiger partial charge in [-0.25, -0.2) is 5.32 Å². The van der Waals surface area contributed by atoms with Crippen molar-refractivity contribution in [2.45, 2.75) is 16.0 Å². The topological polar surface area (TPSA) is 67.2 Å². The van der Waals surface area contributed by atoms with Crippen LogP contribution >= 0.6 is 46.4 Å². The van der Waals surface area contributed by atoms with Gasteiger partial charge in [-0.15, -0.1) is 0 Å². The molecule has 0 aromatic carbocycles. The second-order valence-corrected chi connectivity index (χ2v) is 5.28. The van der Waals surface area contributed by atoms with E-state index < -0.39 is 19.7 Å². The Balaban J connectivity index is 3.19. The monoisotopic (exact) mass is 279 g/mol. The summed E-state index contributed by atoms with van der Waals surface area (Å²) >= 11 is 22.6. The molecule has 0 radical (unpaired) electrons. The van der Waals surface area contributed by atoms with Gasteiger partial charge in [0.1, 0.15) is 0 Å². The molecule has 14 heavy (non-hydrogen) atoms. The van der Waals surface area contributed by atoms with E-state index in [4.69, 9.17) is 46.4 Å². The summed E-state index contributed by atoms with van der Waals surface area (Å²) in [6.45, 7) is 1.40. The van der Waals surface area contributed by atoms with E-state index >= 15 is 0 Å². The highest BCUT2D eigenvalue weighted by Crippen LogP contribution is 2.37. The minimum atomic E-state index is -1.93. The Kier molecular flexibility index (Phi) is 3.10. The molecule has 0 unspecified atom stereocenters. The molecule has 0 amide bonds. The molecule has 9 heteroatoms. The zero-order valence-corrected chi connectivity index (χ0v) is 9.80. The van der Waals surface area contributed by atoms with Crippen molar-refractivity contribution in [3.05, 3.63) is 21.5 Å². The largest absolute Gasteiger partial charge is 0.340 e. The second-order valence-electron chi connectivity index (χ2n) is 2.63. The number of halogens is 4. The van der Waals surface area contributed by atoms with E-state index in [-0.39, 0.29) is 5.70 Å². The molecule has 0 fully saturated rings. The van der Waals surface area contributed by atoms with Gasteiger partial charge in [0, 0.05) is 0 Å². The number of nitrogens with one attached hydrogen (secondary N) is 2. The van der Waals surface area contributed by atoms with Gasteiger partial charge in [0.2, 0.25) is 4.58 Å². The number of nitrogens with zero attached hydrogens (tertiary/aromatic N) is 1. The molecule has 80 valence electrons. The van der Waals surface area contributed by atoms with Gasteiger partial charge in [0.05, 0.1) is 10.6 Å². The van der Waals surface area contributed by atoms with Crippen LogP contribution in [-0.2, 0) is 0 Å². The first-order chi connectivity index (χ1) is 6.16. The fourth-order valence-electron chi connectivity index (χ4n) is 1.07. The number of allylic oxidation sites excluding steroid dienone is 1. The molecule has 1 aliphatic rings. The average Bonchev–Trinajstić information content (AvgIpc) is 1.75. The molecule has 0 saturated carbocycles. The fraction of sp³-hybridized carbons (Fsp3) is 0.600. The predicted octanol–water partition coefficient (Wildman–Crippen LogP) is 1.91. The summed E-state index contributed by atoms with van der Waals surface area (Å²) in [5.74, 6) is 0. The summed E-state index contributed by atoms with van der Waals surface area (Å²) in [6, 6.07) is 0. The van der Waals surface area contributed by atoms with Crippen LogP contribution < -0.4 is 10.6 Å². The van der Waals surface area contributed by atoms with Crippen molar-refractivity contribution in [3.8, 4) is 0 Å². The Morgan fingerprint density at radius 3 is 2.21 bits per heavy atom. The minimum absolute atomic E-state index is 0.101. The highest BCUT2D eigenvalue weighted by atomic mass is 35.5. The van der Waals surface area contributed by atoms with Crippen molar-refractivity contribution >= 4 is 46.4 Å². The van der Waals surface area contributed by atoms with Crippen molar-refractivity contribution < 1.29 is 4.92 Å². The van der Waals surface area contributed by atoms with E-state index in [9.17, 15) is 10.1 Å². The zero-order chi connectivity index (χ0) is 11.1. The summed E-state index contributed by atoms with van der Waals surface area (Å²) in [5.41, 5.74) is -0.332. The summed E-state index contributed by atoms with van der Waals surface area (Å²) < 4.78 is -3.56. The predicted molar refractivity (Wildman–Crippen MR) is 54.8 cm³/mol. The van der Waals surface area contributed by atoms with Crippen LogP contribution in [0.3, 0.4) is 0 Å². The Bertz CT molecular complexity index is 314. The molecule has 1 heterocycles. The first kappa shape index (κ1) is 12.1. The third kappa shape index (κ3) is 2.35. The van der Waals surface area contributed by atoms with E-state index in [1.807, 2.05) is 0 Å². The zero-order valence-electron chi connectivity index (χ0n) is 6.78. The van der Waals surface area contributed by atoms with Gasteiger partial charge < -0.3 is 5.32 Å². The van der Waals surface area contributed by atoms with Crippen LogP contribution in [0.1, 0.15) is 6.92 Å². The van der Waals surface area contributed by atoms with Gasteiger partial charge in [-0.05, 0) is 6.92 Å². The highest BCUT2D eigenvalue weighted by molar-refractivity contribution is 6.53. The quantitative estimate of drug-likeness (QED) is 0.333. The van der Waals surface area contributed by atoms with Crippen LogP contribution in [0.15, 0.2) is 11.4 Å². The second kappa shape index (κ2) is 3.57. The first-order valence-electron chi connectivity index (χ1n) is 3.34. The number of nitro groups is 1. The van der Waals surface area contributed by atoms with Gasteiger partial charge in [0.25, 0.3) is 4.46 Å². The van der Waals surface area contributed by atoms with Gasteiger partial charge in [-0.1, -0.05) is 46.4 Å². The Morgan fingerprint density at radius 2 is 1.86 bits per heavy atom. The fourth-order valence-corrected chi connectivity index (χ4v) is 2.53. The summed E-state index contributed by atoms with van der Waals surface area (Å²) in [4.78, 5) is 9.89. The van der Waals surface area contributed by atoms with Crippen molar-refractivity contribution in [2.75, 3.05) is 0 Å². The molecule has 0 atom stereocenters. The van der Waals surface area contributed by atoms with E-state index in [0.29, 0.717) is 0 Å². The maximum atomic E-state index is 10.6. The van der Waals surface area contributed by atoms with Crippen LogP contribution in [0.25, 0.3) is 0 Å². The third-order valence-corrected chi connectivity index (χ3v) is 2.42. The molecule has 5 nitrogen and oxygen atoms in total. The molecular formula is C5H5Cl4N3O2. The van der Waals surface area contributed by atoms with E-state index in [0.717, 1.165) is 0 Å². The maximum Gasteiger partial charge on any atom is 0.315 e. The van der Waals surface area contributed by atoms with Crippen LogP contribution in [0.5, 0.6) is 0 Å². The van der Waals surface area contributed by atoms with Crippen LogP contribution in [0, 0.1) is 10.1 Å². The molecular weight excluding hydrogens is 276 g/mol. The number of hydrogen-bond acceptors (Lipinski definition) is 4. The average molecular weight is 281 g/mol. The lowest BCUT2D eigenvalue weighted by molar-refractivity contribution is -0.432. The molecule has 0 spiro atoms. The van der Waals surface area contributed by atoms with E-state index in [2.05, 4.69) is 10.6 Å². The van der Waals surface area contributed by atoms with Gasteiger partial charge in [0.15, 0.2) is 0 Å². The van der Waals surface area contributed by atoms with Gasteiger partial charge >= 0.3 is 5.70 Å². The van der Waals surface area contributed by atoms with Gasteiger partial charge in [-0.3, -0.25) is 10.1 Å². The summed E-state index contributed by atoms with van der Waals surface area (Å²) in [7, 11) is 0. The lowest BCUT2D eigenvalue weighted by atomic mass is 10.3. The molecule has 2 N–H and O–H groups in total. The van der Waals surface area contributed by atoms with Crippen LogP contribution in [0.2, 0.25) is 0 Å². The summed E-state index contributed by atoms with van der Waals surface area (Å²) in [5, 5.41) is 15.3. The summed E-state index contributed by atoms with van der Waals surface area (Å²) in [6.07, 6.45) is 0. The number of hydrogen-bond donors (Lipinski definition) is 2. The van der Waals surface area contributed by atoms with Crippen molar-refractivity contribution in [1.29, 1.82) is 0 Å².